The van der Waals surface area contributed by atoms with Crippen LogP contribution in [0.2, 0.25) is 0 Å². The third kappa shape index (κ3) is 39.0. The van der Waals surface area contributed by atoms with Crippen LogP contribution >= 0.6 is 0 Å². The molecule has 7 nitrogen and oxygen atoms in total. The lowest BCUT2D eigenvalue weighted by Crippen LogP contribution is -2.40. The number of rotatable bonds is 42. The molecular weight excluding hydrogens is 733 g/mol. The average Bonchev–Trinajstić information content (AvgIpc) is 3.15. The lowest BCUT2D eigenvalue weighted by molar-refractivity contribution is -0.144. The SMILES string of the molecule is CC(C)CCC(CCCCC(=O)OCCCCCCCCCCC(CCCCCCCCCCOC(=O)CCCC(CCC(C)C)C(C)C)NC(=O)CN(C)C)C(C)C. The van der Waals surface area contributed by atoms with E-state index in [1.807, 2.05) is 19.0 Å². The van der Waals surface area contributed by atoms with Crippen molar-refractivity contribution in [3.05, 3.63) is 0 Å². The van der Waals surface area contributed by atoms with Gasteiger partial charge in [-0.05, 0) is 107 Å². The molecular formula is C52H102N2O5. The lowest BCUT2D eigenvalue weighted by Gasteiger charge is -2.21. The lowest BCUT2D eigenvalue weighted by atomic mass is 9.85. The zero-order chi connectivity index (χ0) is 44.1. The Morgan fingerprint density at radius 2 is 0.780 bits per heavy atom. The molecule has 0 bridgehead atoms. The molecule has 0 spiro atoms. The van der Waals surface area contributed by atoms with Crippen molar-refractivity contribution in [3.8, 4) is 0 Å². The predicted molar refractivity (Wildman–Crippen MR) is 253 cm³/mol. The molecule has 0 rings (SSSR count). The topological polar surface area (TPSA) is 84.9 Å². The molecule has 0 radical (unpaired) electrons. The minimum absolute atomic E-state index is 0.0168. The highest BCUT2D eigenvalue weighted by molar-refractivity contribution is 5.78. The van der Waals surface area contributed by atoms with Crippen LogP contribution in [-0.4, -0.2) is 62.6 Å². The normalized spacial score (nSPS) is 13.5. The standard InChI is InChI=1S/C52H102N2O5/c1-43(2)36-38-47(45(5)6)30-25-26-34-51(56)58-40-27-21-17-13-11-15-19-23-32-49(53-50(55)42-54(9)10)33-24-20-16-12-14-18-22-28-41-59-52(57)35-29-31-48(46(7)8)39-37-44(3)4/h43-49H,11-42H2,1-10H3,(H,53,55). The maximum atomic E-state index is 12.6. The zero-order valence-corrected chi connectivity index (χ0v) is 41.2. The summed E-state index contributed by atoms with van der Waals surface area (Å²) < 4.78 is 11.1. The fourth-order valence-electron chi connectivity index (χ4n) is 8.37. The molecule has 0 aliphatic heterocycles. The van der Waals surface area contributed by atoms with Gasteiger partial charge in [0.2, 0.25) is 5.91 Å². The van der Waals surface area contributed by atoms with Crippen molar-refractivity contribution in [3.63, 3.8) is 0 Å². The molecule has 0 saturated heterocycles. The van der Waals surface area contributed by atoms with E-state index >= 15 is 0 Å². The van der Waals surface area contributed by atoms with Gasteiger partial charge in [0.05, 0.1) is 19.8 Å². The molecule has 350 valence electrons. The van der Waals surface area contributed by atoms with E-state index in [-0.39, 0.29) is 23.9 Å². The van der Waals surface area contributed by atoms with Gasteiger partial charge in [0.1, 0.15) is 0 Å². The quantitative estimate of drug-likeness (QED) is 0.0487. The van der Waals surface area contributed by atoms with Crippen molar-refractivity contribution in [1.82, 2.24) is 10.2 Å². The third-order valence-electron chi connectivity index (χ3n) is 12.5. The number of hydrogen-bond acceptors (Lipinski definition) is 6. The Hall–Kier alpha value is -1.63. The molecule has 0 aromatic heterocycles. The van der Waals surface area contributed by atoms with Crippen LogP contribution in [0, 0.1) is 35.5 Å². The Morgan fingerprint density at radius 3 is 1.17 bits per heavy atom. The highest BCUT2D eigenvalue weighted by atomic mass is 16.5. The van der Waals surface area contributed by atoms with Crippen molar-refractivity contribution < 1.29 is 23.9 Å². The van der Waals surface area contributed by atoms with Crippen LogP contribution < -0.4 is 5.32 Å². The van der Waals surface area contributed by atoms with Crippen molar-refractivity contribution in [2.75, 3.05) is 33.9 Å². The maximum absolute atomic E-state index is 12.6. The second kappa shape index (κ2) is 39.2. The monoisotopic (exact) mass is 835 g/mol. The van der Waals surface area contributed by atoms with E-state index in [9.17, 15) is 14.4 Å². The van der Waals surface area contributed by atoms with Gasteiger partial charge in [-0.1, -0.05) is 171 Å². The summed E-state index contributed by atoms with van der Waals surface area (Å²) in [5.41, 5.74) is 0. The van der Waals surface area contributed by atoms with Crippen LogP contribution in [0.4, 0.5) is 0 Å². The molecule has 0 aliphatic rings. The first-order valence-corrected chi connectivity index (χ1v) is 25.5. The minimum atomic E-state index is -0.0184. The number of nitrogens with one attached hydrogen (secondary N) is 1. The van der Waals surface area contributed by atoms with Gasteiger partial charge in [0, 0.05) is 18.9 Å². The van der Waals surface area contributed by atoms with Gasteiger partial charge >= 0.3 is 11.9 Å². The Kier molecular flexibility index (Phi) is 38.1. The van der Waals surface area contributed by atoms with E-state index in [0.29, 0.717) is 44.4 Å². The molecule has 59 heavy (non-hydrogen) atoms. The van der Waals surface area contributed by atoms with Crippen LogP contribution in [0.15, 0.2) is 0 Å². The number of unbranched alkanes of at least 4 members (excludes halogenated alkanes) is 15. The molecule has 0 fully saturated rings. The van der Waals surface area contributed by atoms with Crippen molar-refractivity contribution in [1.29, 1.82) is 0 Å². The number of hydrogen-bond donors (Lipinski definition) is 1. The average molecular weight is 835 g/mol. The van der Waals surface area contributed by atoms with Crippen LogP contribution in [0.3, 0.4) is 0 Å². The molecule has 0 aliphatic carbocycles. The molecule has 3 unspecified atom stereocenters. The summed E-state index contributed by atoms with van der Waals surface area (Å²) in [6, 6.07) is 0.279. The van der Waals surface area contributed by atoms with Crippen LogP contribution in [0.5, 0.6) is 0 Å². The van der Waals surface area contributed by atoms with Crippen LogP contribution in [0.25, 0.3) is 0 Å². The summed E-state index contributed by atoms with van der Waals surface area (Å²) in [6.45, 7) is 20.1. The summed E-state index contributed by atoms with van der Waals surface area (Å²) in [4.78, 5) is 38.9. The first kappa shape index (κ1) is 57.4. The Balaban J connectivity index is 3.96. The Morgan fingerprint density at radius 1 is 0.424 bits per heavy atom. The number of carbonyl (C=O) groups excluding carboxylic acids is 3. The smallest absolute Gasteiger partial charge is 0.305 e. The molecule has 1 N–H and O–H groups in total. The predicted octanol–water partition coefficient (Wildman–Crippen LogP) is 14.3. The van der Waals surface area contributed by atoms with Gasteiger partial charge in [-0.25, -0.2) is 0 Å². The third-order valence-corrected chi connectivity index (χ3v) is 12.5. The van der Waals surface area contributed by atoms with Crippen LogP contribution in [0.1, 0.15) is 242 Å². The number of esters is 2. The summed E-state index contributed by atoms with van der Waals surface area (Å²) in [7, 11) is 3.90. The van der Waals surface area contributed by atoms with Gasteiger partial charge in [0.25, 0.3) is 0 Å². The number of amides is 1. The summed E-state index contributed by atoms with van der Waals surface area (Å²) >= 11 is 0. The second-order valence-corrected chi connectivity index (χ2v) is 20.3. The van der Waals surface area contributed by atoms with E-state index in [1.54, 1.807) is 0 Å². The largest absolute Gasteiger partial charge is 0.466 e. The maximum Gasteiger partial charge on any atom is 0.305 e. The summed E-state index contributed by atoms with van der Waals surface area (Å²) in [5, 5.41) is 3.33. The number of carbonyl (C=O) groups is 3. The molecule has 7 heteroatoms. The molecule has 3 atom stereocenters. The van der Waals surface area contributed by atoms with Crippen molar-refractivity contribution >= 4 is 17.8 Å². The van der Waals surface area contributed by atoms with Crippen molar-refractivity contribution in [2.45, 2.75) is 248 Å². The second-order valence-electron chi connectivity index (χ2n) is 20.3. The molecule has 1 amide bonds. The van der Waals surface area contributed by atoms with Gasteiger partial charge in [-0.3, -0.25) is 14.4 Å². The highest BCUT2D eigenvalue weighted by Crippen LogP contribution is 2.27. The molecule has 0 saturated carbocycles. The van der Waals surface area contributed by atoms with Gasteiger partial charge in [-0.15, -0.1) is 0 Å². The van der Waals surface area contributed by atoms with E-state index < -0.39 is 0 Å². The van der Waals surface area contributed by atoms with Gasteiger partial charge in [0.15, 0.2) is 0 Å². The van der Waals surface area contributed by atoms with Gasteiger partial charge in [-0.2, -0.15) is 0 Å². The molecule has 0 heterocycles. The fourth-order valence-corrected chi connectivity index (χ4v) is 8.37. The Bertz CT molecular complexity index is 980. The Labute approximate surface area is 367 Å². The van der Waals surface area contributed by atoms with Crippen LogP contribution in [-0.2, 0) is 23.9 Å². The molecule has 0 aromatic rings. The zero-order valence-electron chi connectivity index (χ0n) is 41.2. The number of ether oxygens (including phenoxy) is 2. The number of nitrogens with zero attached hydrogens (tertiary/aromatic N) is 1. The van der Waals surface area contributed by atoms with E-state index in [0.717, 1.165) is 87.9 Å². The van der Waals surface area contributed by atoms with Gasteiger partial charge < -0.3 is 19.7 Å². The molecule has 0 aromatic carbocycles. The fraction of sp³-hybridized carbons (Fsp3) is 0.942. The highest BCUT2D eigenvalue weighted by Gasteiger charge is 2.17. The minimum Gasteiger partial charge on any atom is -0.466 e. The van der Waals surface area contributed by atoms with E-state index in [1.165, 1.54) is 109 Å². The van der Waals surface area contributed by atoms with Crippen molar-refractivity contribution in [2.24, 2.45) is 35.5 Å². The van der Waals surface area contributed by atoms with E-state index in [4.69, 9.17) is 9.47 Å². The van der Waals surface area contributed by atoms with E-state index in [2.05, 4.69) is 60.7 Å². The first-order chi connectivity index (χ1) is 28.2. The summed E-state index contributed by atoms with van der Waals surface area (Å²) in [6.07, 6.45) is 32.8. The first-order valence-electron chi connectivity index (χ1n) is 25.5. The summed E-state index contributed by atoms with van der Waals surface area (Å²) in [5.74, 6) is 4.51. The number of likely N-dealkylation sites (N-methyl/N-ethyl adjacent to an activating group) is 1.